The van der Waals surface area contributed by atoms with Gasteiger partial charge in [-0.3, -0.25) is 0 Å². The van der Waals surface area contributed by atoms with Crippen LogP contribution in [0.1, 0.15) is 31.0 Å². The molecule has 0 aliphatic carbocycles. The van der Waals surface area contributed by atoms with Crippen molar-refractivity contribution in [3.05, 3.63) is 34.2 Å². The summed E-state index contributed by atoms with van der Waals surface area (Å²) in [5.74, 6) is 0.439. The lowest BCUT2D eigenvalue weighted by Gasteiger charge is -2.03. The molecule has 2 aromatic rings. The molecule has 2 heterocycles. The van der Waals surface area contributed by atoms with E-state index in [0.29, 0.717) is 12.5 Å². The molecule has 0 radical (unpaired) electrons. The van der Waals surface area contributed by atoms with Crippen molar-refractivity contribution in [1.29, 1.82) is 0 Å². The summed E-state index contributed by atoms with van der Waals surface area (Å²) in [7, 11) is 1.70. The number of ether oxygens (including phenoxy) is 1. The highest BCUT2D eigenvalue weighted by Gasteiger charge is 2.09. The van der Waals surface area contributed by atoms with E-state index < -0.39 is 0 Å². The third-order valence-electron chi connectivity index (χ3n) is 2.50. The van der Waals surface area contributed by atoms with Crippen molar-refractivity contribution >= 4 is 21.6 Å². The summed E-state index contributed by atoms with van der Waals surface area (Å²) in [5.41, 5.74) is 3.19. The maximum atomic E-state index is 5.19. The van der Waals surface area contributed by atoms with Crippen LogP contribution in [0.4, 0.5) is 0 Å². The zero-order valence-electron chi connectivity index (χ0n) is 9.70. The van der Waals surface area contributed by atoms with Crippen LogP contribution in [-0.2, 0) is 11.3 Å². The number of methoxy groups -OCH3 is 1. The first kappa shape index (κ1) is 11.6. The van der Waals surface area contributed by atoms with E-state index in [0.717, 1.165) is 21.4 Å². The largest absolute Gasteiger partial charge is 0.380 e. The van der Waals surface area contributed by atoms with Crippen molar-refractivity contribution < 1.29 is 4.74 Å². The minimum absolute atomic E-state index is 0.439. The van der Waals surface area contributed by atoms with Gasteiger partial charge in [0, 0.05) is 29.5 Å². The van der Waals surface area contributed by atoms with Gasteiger partial charge < -0.3 is 9.14 Å². The Morgan fingerprint density at radius 1 is 1.44 bits per heavy atom. The second-order valence-corrected chi connectivity index (χ2v) is 5.08. The van der Waals surface area contributed by atoms with Crippen LogP contribution in [0.15, 0.2) is 22.9 Å². The van der Waals surface area contributed by atoms with Crippen molar-refractivity contribution in [3.8, 4) is 0 Å². The predicted molar refractivity (Wildman–Crippen MR) is 67.7 cm³/mol. The lowest BCUT2D eigenvalue weighted by atomic mass is 10.2. The highest BCUT2D eigenvalue weighted by molar-refractivity contribution is 9.10. The molecule has 0 atom stereocenters. The SMILES string of the molecule is COCc1cc(Br)cn2cc(C(C)C)nc12. The Morgan fingerprint density at radius 2 is 2.19 bits per heavy atom. The number of imidazole rings is 1. The highest BCUT2D eigenvalue weighted by atomic mass is 79.9. The standard InChI is InChI=1S/C12H15BrN2O/c1-8(2)11-6-15-5-10(13)4-9(7-16-3)12(15)14-11/h4-6,8H,7H2,1-3H3. The molecule has 0 spiro atoms. The van der Waals surface area contributed by atoms with E-state index in [1.807, 2.05) is 10.6 Å². The summed E-state index contributed by atoms with van der Waals surface area (Å²) < 4.78 is 8.28. The molecule has 4 heteroatoms. The Bertz CT molecular complexity index is 505. The summed E-state index contributed by atoms with van der Waals surface area (Å²) in [6, 6.07) is 2.05. The second kappa shape index (κ2) is 4.55. The quantitative estimate of drug-likeness (QED) is 0.863. The Labute approximate surface area is 104 Å². The van der Waals surface area contributed by atoms with Crippen molar-refractivity contribution in [3.63, 3.8) is 0 Å². The van der Waals surface area contributed by atoms with Gasteiger partial charge in [-0.2, -0.15) is 0 Å². The molecular formula is C12H15BrN2O. The lowest BCUT2D eigenvalue weighted by molar-refractivity contribution is 0.185. The monoisotopic (exact) mass is 282 g/mol. The van der Waals surface area contributed by atoms with Gasteiger partial charge in [-0.05, 0) is 27.9 Å². The first-order chi connectivity index (χ1) is 7.61. The van der Waals surface area contributed by atoms with Crippen LogP contribution >= 0.6 is 15.9 Å². The van der Waals surface area contributed by atoms with Crippen molar-refractivity contribution in [2.45, 2.75) is 26.4 Å². The molecule has 0 amide bonds. The zero-order chi connectivity index (χ0) is 11.7. The Kier molecular flexibility index (Phi) is 3.30. The van der Waals surface area contributed by atoms with E-state index in [9.17, 15) is 0 Å². The fourth-order valence-electron chi connectivity index (χ4n) is 1.69. The topological polar surface area (TPSA) is 26.5 Å². The number of pyridine rings is 1. The van der Waals surface area contributed by atoms with Gasteiger partial charge in [-0.25, -0.2) is 4.98 Å². The summed E-state index contributed by atoms with van der Waals surface area (Å²) >= 11 is 3.50. The van der Waals surface area contributed by atoms with E-state index in [1.54, 1.807) is 7.11 Å². The molecule has 0 aliphatic rings. The van der Waals surface area contributed by atoms with Gasteiger partial charge in [0.1, 0.15) is 5.65 Å². The molecule has 0 aliphatic heterocycles. The van der Waals surface area contributed by atoms with Crippen molar-refractivity contribution in [2.75, 3.05) is 7.11 Å². The van der Waals surface area contributed by atoms with E-state index in [-0.39, 0.29) is 0 Å². The van der Waals surface area contributed by atoms with Crippen LogP contribution in [-0.4, -0.2) is 16.5 Å². The zero-order valence-corrected chi connectivity index (χ0v) is 11.3. The first-order valence-corrected chi connectivity index (χ1v) is 6.07. The molecule has 0 N–H and O–H groups in total. The molecule has 2 aromatic heterocycles. The maximum absolute atomic E-state index is 5.19. The number of hydrogen-bond acceptors (Lipinski definition) is 2. The molecule has 3 nitrogen and oxygen atoms in total. The smallest absolute Gasteiger partial charge is 0.142 e. The predicted octanol–water partition coefficient (Wildman–Crippen LogP) is 3.37. The van der Waals surface area contributed by atoms with Crippen LogP contribution in [0.25, 0.3) is 5.65 Å². The summed E-state index contributed by atoms with van der Waals surface area (Å²) in [5, 5.41) is 0. The van der Waals surface area contributed by atoms with E-state index in [4.69, 9.17) is 4.74 Å². The van der Waals surface area contributed by atoms with Crippen LogP contribution < -0.4 is 0 Å². The van der Waals surface area contributed by atoms with Gasteiger partial charge in [0.25, 0.3) is 0 Å². The highest BCUT2D eigenvalue weighted by Crippen LogP contribution is 2.21. The fraction of sp³-hybridized carbons (Fsp3) is 0.417. The molecule has 0 fully saturated rings. The number of halogens is 1. The van der Waals surface area contributed by atoms with Gasteiger partial charge in [-0.1, -0.05) is 13.8 Å². The van der Waals surface area contributed by atoms with E-state index in [1.165, 1.54) is 0 Å². The van der Waals surface area contributed by atoms with Gasteiger partial charge in [-0.15, -0.1) is 0 Å². The first-order valence-electron chi connectivity index (χ1n) is 5.27. The fourth-order valence-corrected chi connectivity index (χ4v) is 2.19. The lowest BCUT2D eigenvalue weighted by Crippen LogP contribution is -1.94. The summed E-state index contributed by atoms with van der Waals surface area (Å²) in [4.78, 5) is 4.63. The molecule has 0 aromatic carbocycles. The average molecular weight is 283 g/mol. The van der Waals surface area contributed by atoms with Crippen LogP contribution in [0.2, 0.25) is 0 Å². The number of aromatic nitrogens is 2. The maximum Gasteiger partial charge on any atom is 0.142 e. The average Bonchev–Trinajstić information content (AvgIpc) is 2.61. The Morgan fingerprint density at radius 3 is 2.81 bits per heavy atom. The van der Waals surface area contributed by atoms with Gasteiger partial charge in [0.05, 0.1) is 12.3 Å². The van der Waals surface area contributed by atoms with E-state index >= 15 is 0 Å². The number of fused-ring (bicyclic) bond motifs is 1. The van der Waals surface area contributed by atoms with Crippen LogP contribution in [0, 0.1) is 0 Å². The molecule has 0 unspecified atom stereocenters. The third kappa shape index (κ3) is 2.13. The van der Waals surface area contributed by atoms with Gasteiger partial charge >= 0.3 is 0 Å². The van der Waals surface area contributed by atoms with Crippen molar-refractivity contribution in [2.24, 2.45) is 0 Å². The summed E-state index contributed by atoms with van der Waals surface area (Å²) in [6.07, 6.45) is 4.09. The third-order valence-corrected chi connectivity index (χ3v) is 2.94. The molecule has 0 bridgehead atoms. The Hall–Kier alpha value is -0.870. The minimum atomic E-state index is 0.439. The van der Waals surface area contributed by atoms with Crippen LogP contribution in [0.5, 0.6) is 0 Å². The number of nitrogens with zero attached hydrogens (tertiary/aromatic N) is 2. The van der Waals surface area contributed by atoms with Crippen LogP contribution in [0.3, 0.4) is 0 Å². The Balaban J connectivity index is 2.60. The number of rotatable bonds is 3. The molecular weight excluding hydrogens is 268 g/mol. The second-order valence-electron chi connectivity index (χ2n) is 4.17. The number of hydrogen-bond donors (Lipinski definition) is 0. The molecule has 86 valence electrons. The van der Waals surface area contributed by atoms with Gasteiger partial charge in [0.15, 0.2) is 0 Å². The minimum Gasteiger partial charge on any atom is -0.380 e. The molecule has 2 rings (SSSR count). The van der Waals surface area contributed by atoms with Gasteiger partial charge in [0.2, 0.25) is 0 Å². The normalized spacial score (nSPS) is 11.6. The van der Waals surface area contributed by atoms with E-state index in [2.05, 4.69) is 47.0 Å². The van der Waals surface area contributed by atoms with Crippen molar-refractivity contribution in [1.82, 2.24) is 9.38 Å². The summed E-state index contributed by atoms with van der Waals surface area (Å²) in [6.45, 7) is 4.87. The molecule has 0 saturated carbocycles. The molecule has 16 heavy (non-hydrogen) atoms. The molecule has 0 saturated heterocycles.